The Morgan fingerprint density at radius 2 is 1.00 bits per heavy atom. The number of ether oxygens (including phenoxy) is 2. The highest BCUT2D eigenvalue weighted by Crippen LogP contribution is 2.52. The standard InChI is InChI=1S/C32H28N2O2S4/c1-15-11-17-19(37-15)7-9-21-23(17)25(27(39-21)29-33-31(3,4)13-35-29)26-24-18-12-16(2)38-20(18)8-10-22(24)40-28(26)30-34-32(5,6)14-36-30/h7-12H,13-14H2,1-6H3. The predicted molar refractivity (Wildman–Crippen MR) is 176 cm³/mol. The fourth-order valence-electron chi connectivity index (χ4n) is 5.85. The number of benzene rings is 2. The molecule has 0 radical (unpaired) electrons. The smallest absolute Gasteiger partial charge is 0.227 e. The lowest BCUT2D eigenvalue weighted by Crippen LogP contribution is -2.17. The Bertz CT molecular complexity index is 1950. The molecule has 0 amide bonds. The van der Waals surface area contributed by atoms with Crippen LogP contribution in [0, 0.1) is 13.8 Å². The molecule has 8 heteroatoms. The van der Waals surface area contributed by atoms with Crippen LogP contribution in [0.15, 0.2) is 46.4 Å². The van der Waals surface area contributed by atoms with Gasteiger partial charge < -0.3 is 9.47 Å². The first-order valence-corrected chi connectivity index (χ1v) is 16.7. The number of nitrogens with zero attached hydrogens (tertiary/aromatic N) is 2. The summed E-state index contributed by atoms with van der Waals surface area (Å²) < 4.78 is 17.8. The maximum Gasteiger partial charge on any atom is 0.227 e. The zero-order valence-corrected chi connectivity index (χ0v) is 26.5. The highest BCUT2D eigenvalue weighted by Gasteiger charge is 2.36. The molecule has 2 aliphatic rings. The van der Waals surface area contributed by atoms with Crippen molar-refractivity contribution in [3.63, 3.8) is 0 Å². The van der Waals surface area contributed by atoms with Crippen molar-refractivity contribution in [2.45, 2.75) is 52.6 Å². The fraction of sp³-hybridized carbons (Fsp3) is 0.312. The van der Waals surface area contributed by atoms with Crippen LogP contribution in [0.2, 0.25) is 0 Å². The molecule has 0 bridgehead atoms. The molecular formula is C32H28N2O2S4. The molecule has 4 nitrogen and oxygen atoms in total. The van der Waals surface area contributed by atoms with Crippen molar-refractivity contribution in [3.05, 3.63) is 55.9 Å². The second-order valence-electron chi connectivity index (χ2n) is 12.1. The largest absolute Gasteiger partial charge is 0.474 e. The molecule has 4 aromatic heterocycles. The van der Waals surface area contributed by atoms with Gasteiger partial charge in [0.05, 0.1) is 20.8 Å². The van der Waals surface area contributed by atoms with Gasteiger partial charge >= 0.3 is 0 Å². The summed E-state index contributed by atoms with van der Waals surface area (Å²) in [7, 11) is 0. The van der Waals surface area contributed by atoms with Crippen LogP contribution in [-0.4, -0.2) is 36.1 Å². The van der Waals surface area contributed by atoms with Crippen molar-refractivity contribution in [1.29, 1.82) is 0 Å². The Labute approximate surface area is 248 Å². The monoisotopic (exact) mass is 600 g/mol. The van der Waals surface area contributed by atoms with E-state index in [0.29, 0.717) is 13.2 Å². The van der Waals surface area contributed by atoms with Gasteiger partial charge in [0, 0.05) is 61.2 Å². The summed E-state index contributed by atoms with van der Waals surface area (Å²) in [5.41, 5.74) is 1.90. The molecule has 8 rings (SSSR count). The third kappa shape index (κ3) is 3.73. The van der Waals surface area contributed by atoms with Gasteiger partial charge in [0.2, 0.25) is 11.8 Å². The van der Waals surface area contributed by atoms with Gasteiger partial charge in [0.25, 0.3) is 0 Å². The number of aryl methyl sites for hydroxylation is 2. The lowest BCUT2D eigenvalue weighted by atomic mass is 9.95. The van der Waals surface area contributed by atoms with Crippen LogP contribution in [0.4, 0.5) is 0 Å². The summed E-state index contributed by atoms with van der Waals surface area (Å²) in [6.45, 7) is 14.1. The normalized spacial score (nSPS) is 18.1. The molecule has 0 unspecified atom stereocenters. The quantitative estimate of drug-likeness (QED) is 0.203. The Morgan fingerprint density at radius 1 is 0.600 bits per heavy atom. The molecule has 0 N–H and O–H groups in total. The van der Waals surface area contributed by atoms with Gasteiger partial charge in [-0.3, -0.25) is 0 Å². The first kappa shape index (κ1) is 25.0. The Kier molecular flexibility index (Phi) is 5.23. The van der Waals surface area contributed by atoms with Crippen LogP contribution >= 0.6 is 45.3 Å². The van der Waals surface area contributed by atoms with Crippen LogP contribution in [0.3, 0.4) is 0 Å². The highest BCUT2D eigenvalue weighted by molar-refractivity contribution is 7.24. The summed E-state index contributed by atoms with van der Waals surface area (Å²) in [5.74, 6) is 1.49. The van der Waals surface area contributed by atoms with Gasteiger partial charge in [-0.15, -0.1) is 45.3 Å². The van der Waals surface area contributed by atoms with E-state index in [4.69, 9.17) is 19.5 Å². The molecule has 2 aliphatic heterocycles. The summed E-state index contributed by atoms with van der Waals surface area (Å²) in [5, 5.41) is 5.15. The van der Waals surface area contributed by atoms with E-state index < -0.39 is 0 Å². The zero-order chi connectivity index (χ0) is 27.6. The summed E-state index contributed by atoms with van der Waals surface area (Å²) in [4.78, 5) is 15.0. The second-order valence-corrected chi connectivity index (χ2v) is 16.7. The molecule has 6 heterocycles. The van der Waals surface area contributed by atoms with E-state index in [0.717, 1.165) is 21.5 Å². The number of fused-ring (bicyclic) bond motifs is 6. The minimum atomic E-state index is -0.253. The Hall–Kier alpha value is -2.78. The van der Waals surface area contributed by atoms with Gasteiger partial charge in [-0.05, 0) is 77.9 Å². The number of hydrogen-bond donors (Lipinski definition) is 0. The summed E-state index contributed by atoms with van der Waals surface area (Å²) >= 11 is 7.28. The molecule has 0 fully saturated rings. The van der Waals surface area contributed by atoms with Gasteiger partial charge in [-0.2, -0.15) is 0 Å². The SMILES string of the molecule is Cc1cc2c(ccc3sc(C4=NC(C)(C)CO4)c(-c4c(C5=NC(C)(C)CO5)sc5ccc6sc(C)cc6c45)c32)s1. The maximum atomic E-state index is 6.35. The summed E-state index contributed by atoms with van der Waals surface area (Å²) in [6.07, 6.45) is 0. The van der Waals surface area contributed by atoms with Crippen molar-refractivity contribution in [3.8, 4) is 11.1 Å². The van der Waals surface area contributed by atoms with Crippen LogP contribution in [0.5, 0.6) is 0 Å². The topological polar surface area (TPSA) is 43.2 Å². The van der Waals surface area contributed by atoms with E-state index in [-0.39, 0.29) is 11.1 Å². The molecule has 202 valence electrons. The van der Waals surface area contributed by atoms with Crippen molar-refractivity contribution >= 4 is 97.5 Å². The minimum absolute atomic E-state index is 0.253. The molecule has 0 saturated carbocycles. The van der Waals surface area contributed by atoms with E-state index in [9.17, 15) is 0 Å². The predicted octanol–water partition coefficient (Wildman–Crippen LogP) is 9.94. The third-order valence-corrected chi connectivity index (χ3v) is 11.8. The van der Waals surface area contributed by atoms with E-state index in [2.05, 4.69) is 77.9 Å². The highest BCUT2D eigenvalue weighted by atomic mass is 32.1. The van der Waals surface area contributed by atoms with Gasteiger partial charge in [0.1, 0.15) is 13.2 Å². The molecular weight excluding hydrogens is 573 g/mol. The first-order valence-electron chi connectivity index (χ1n) is 13.4. The second kappa shape index (κ2) is 8.38. The van der Waals surface area contributed by atoms with Crippen molar-refractivity contribution < 1.29 is 9.47 Å². The molecule has 2 aromatic carbocycles. The molecule has 6 aromatic rings. The van der Waals surface area contributed by atoms with E-state index >= 15 is 0 Å². The zero-order valence-electron chi connectivity index (χ0n) is 23.2. The van der Waals surface area contributed by atoms with E-state index in [1.807, 2.05) is 22.7 Å². The number of aliphatic imine (C=N–C) groups is 2. The van der Waals surface area contributed by atoms with Gasteiger partial charge in [-0.1, -0.05) is 0 Å². The van der Waals surface area contributed by atoms with Crippen LogP contribution in [0.25, 0.3) is 51.5 Å². The lowest BCUT2D eigenvalue weighted by Gasteiger charge is -2.10. The van der Waals surface area contributed by atoms with Crippen LogP contribution in [0.1, 0.15) is 47.2 Å². The summed E-state index contributed by atoms with van der Waals surface area (Å²) in [6, 6.07) is 13.8. The molecule has 40 heavy (non-hydrogen) atoms. The number of thiophene rings is 4. The molecule has 0 aliphatic carbocycles. The molecule has 0 saturated heterocycles. The third-order valence-electron chi connectivity index (χ3n) is 7.52. The number of rotatable bonds is 3. The minimum Gasteiger partial charge on any atom is -0.474 e. The van der Waals surface area contributed by atoms with Crippen molar-refractivity contribution in [2.24, 2.45) is 9.98 Å². The first-order chi connectivity index (χ1) is 19.1. The molecule has 0 atom stereocenters. The average Bonchev–Trinajstić information content (AvgIpc) is 3.69. The van der Waals surface area contributed by atoms with Crippen LogP contribution in [-0.2, 0) is 9.47 Å². The lowest BCUT2D eigenvalue weighted by molar-refractivity contribution is 0.280. The Balaban J connectivity index is 1.58. The maximum absolute atomic E-state index is 6.35. The van der Waals surface area contributed by atoms with Crippen molar-refractivity contribution in [1.82, 2.24) is 0 Å². The van der Waals surface area contributed by atoms with Crippen molar-refractivity contribution in [2.75, 3.05) is 13.2 Å². The van der Waals surface area contributed by atoms with Crippen LogP contribution < -0.4 is 0 Å². The van der Waals surface area contributed by atoms with E-state index in [1.54, 1.807) is 22.7 Å². The van der Waals surface area contributed by atoms with Gasteiger partial charge in [0.15, 0.2) is 0 Å². The van der Waals surface area contributed by atoms with E-state index in [1.165, 1.54) is 61.2 Å². The Morgan fingerprint density at radius 3 is 1.38 bits per heavy atom. The fourth-order valence-corrected chi connectivity index (χ4v) is 10.0. The van der Waals surface area contributed by atoms with Gasteiger partial charge in [-0.25, -0.2) is 9.98 Å². The number of hydrogen-bond acceptors (Lipinski definition) is 8. The molecule has 0 spiro atoms. The average molecular weight is 601 g/mol.